The van der Waals surface area contributed by atoms with Gasteiger partial charge < -0.3 is 10.0 Å². The lowest BCUT2D eigenvalue weighted by Gasteiger charge is -2.39. The molecule has 0 unspecified atom stereocenters. The first-order valence-electron chi connectivity index (χ1n) is 10.6. The Bertz CT molecular complexity index is 1120. The number of aromatic nitrogens is 4. The summed E-state index contributed by atoms with van der Waals surface area (Å²) in [6.07, 6.45) is -0.745. The Kier molecular flexibility index (Phi) is 6.09. The molecule has 1 fully saturated rings. The quantitative estimate of drug-likeness (QED) is 0.626. The molecule has 1 N–H and O–H groups in total. The summed E-state index contributed by atoms with van der Waals surface area (Å²) in [7, 11) is 1.70. The van der Waals surface area contributed by atoms with Gasteiger partial charge >= 0.3 is 6.18 Å². The van der Waals surface area contributed by atoms with E-state index in [2.05, 4.69) is 10.1 Å². The maximum Gasteiger partial charge on any atom is 0.395 e. The van der Waals surface area contributed by atoms with Crippen LogP contribution >= 0.6 is 0 Å². The summed E-state index contributed by atoms with van der Waals surface area (Å²) < 4.78 is 43.6. The van der Waals surface area contributed by atoms with Crippen LogP contribution in [0.15, 0.2) is 47.7 Å². The molecule has 7 nitrogen and oxygen atoms in total. The predicted octanol–water partition coefficient (Wildman–Crippen LogP) is 2.69. The second-order valence-electron chi connectivity index (χ2n) is 8.54. The Morgan fingerprint density at radius 3 is 2.53 bits per heavy atom. The fraction of sp³-hybridized carbons (Fsp3) is 0.500. The highest BCUT2D eigenvalue weighted by molar-refractivity contribution is 5.72. The number of rotatable bonds is 6. The molecule has 172 valence electrons. The van der Waals surface area contributed by atoms with Gasteiger partial charge in [0.05, 0.1) is 24.3 Å². The Morgan fingerprint density at radius 1 is 1.19 bits per heavy atom. The fourth-order valence-corrected chi connectivity index (χ4v) is 4.36. The van der Waals surface area contributed by atoms with E-state index < -0.39 is 17.7 Å². The number of halogens is 3. The Hall–Kier alpha value is -2.72. The van der Waals surface area contributed by atoms with Crippen LogP contribution in [0.1, 0.15) is 30.7 Å². The zero-order valence-electron chi connectivity index (χ0n) is 17.8. The van der Waals surface area contributed by atoms with E-state index in [9.17, 15) is 23.1 Å². The topological polar surface area (TPSA) is 76.2 Å². The molecule has 0 bridgehead atoms. The third-order valence-corrected chi connectivity index (χ3v) is 6.30. The van der Waals surface area contributed by atoms with Crippen molar-refractivity contribution in [3.63, 3.8) is 0 Å². The van der Waals surface area contributed by atoms with Crippen LogP contribution in [0.4, 0.5) is 13.2 Å². The van der Waals surface area contributed by atoms with Crippen molar-refractivity contribution in [1.29, 1.82) is 0 Å². The molecule has 0 spiro atoms. The number of aliphatic hydroxyl groups is 1. The molecule has 1 saturated heterocycles. The van der Waals surface area contributed by atoms with Gasteiger partial charge in [0.15, 0.2) is 5.65 Å². The highest BCUT2D eigenvalue weighted by Crippen LogP contribution is 2.37. The highest BCUT2D eigenvalue weighted by atomic mass is 19.4. The number of benzene rings is 1. The van der Waals surface area contributed by atoms with Gasteiger partial charge in [0.25, 0.3) is 5.56 Å². The van der Waals surface area contributed by atoms with Gasteiger partial charge in [-0.2, -0.15) is 18.3 Å². The Labute approximate surface area is 183 Å². The summed E-state index contributed by atoms with van der Waals surface area (Å²) >= 11 is 0. The summed E-state index contributed by atoms with van der Waals surface area (Å²) in [6.45, 7) is 1.31. The molecule has 4 rings (SSSR count). The van der Waals surface area contributed by atoms with Crippen molar-refractivity contribution < 1.29 is 18.3 Å². The van der Waals surface area contributed by atoms with E-state index in [4.69, 9.17) is 0 Å². The fourth-order valence-electron chi connectivity index (χ4n) is 4.36. The van der Waals surface area contributed by atoms with E-state index in [-0.39, 0.29) is 30.6 Å². The molecule has 32 heavy (non-hydrogen) atoms. The number of nitrogens with zero attached hydrogens (tertiary/aromatic N) is 5. The molecule has 10 heteroatoms. The Morgan fingerprint density at radius 2 is 1.88 bits per heavy atom. The number of aryl methyl sites for hydroxylation is 1. The molecule has 2 aromatic heterocycles. The van der Waals surface area contributed by atoms with E-state index in [0.29, 0.717) is 37.0 Å². The molecule has 1 aromatic carbocycles. The maximum absolute atomic E-state index is 13.6. The number of fused-ring (bicyclic) bond motifs is 1. The second-order valence-corrected chi connectivity index (χ2v) is 8.54. The van der Waals surface area contributed by atoms with Crippen LogP contribution in [0.3, 0.4) is 0 Å². The number of likely N-dealkylation sites (tertiary alicyclic amines) is 1. The summed E-state index contributed by atoms with van der Waals surface area (Å²) in [5.41, 5.74) is -0.632. The molecule has 0 amide bonds. The normalized spacial score (nSPS) is 18.2. The first kappa shape index (κ1) is 22.5. The van der Waals surface area contributed by atoms with Gasteiger partial charge in [-0.15, -0.1) is 0 Å². The maximum atomic E-state index is 13.6. The third-order valence-electron chi connectivity index (χ3n) is 6.30. The van der Waals surface area contributed by atoms with Crippen LogP contribution in [-0.2, 0) is 13.6 Å². The van der Waals surface area contributed by atoms with E-state index >= 15 is 0 Å². The van der Waals surface area contributed by atoms with Gasteiger partial charge in [0.2, 0.25) is 0 Å². The Balaban J connectivity index is 1.37. The number of piperidine rings is 1. The highest BCUT2D eigenvalue weighted by Gasteiger charge is 2.41. The zero-order chi connectivity index (χ0) is 22.9. The minimum absolute atomic E-state index is 0.0347. The van der Waals surface area contributed by atoms with Crippen molar-refractivity contribution in [2.45, 2.75) is 43.5 Å². The zero-order valence-corrected chi connectivity index (χ0v) is 17.8. The molecule has 1 atom stereocenters. The molecule has 3 aromatic rings. The largest absolute Gasteiger partial charge is 0.395 e. The first-order chi connectivity index (χ1) is 15.2. The predicted molar refractivity (Wildman–Crippen MR) is 113 cm³/mol. The summed E-state index contributed by atoms with van der Waals surface area (Å²) in [6, 6.07) is 7.97. The van der Waals surface area contributed by atoms with Crippen LogP contribution in [0.25, 0.3) is 11.0 Å². The number of hydrogen-bond acceptors (Lipinski definition) is 5. The third kappa shape index (κ3) is 4.71. The minimum Gasteiger partial charge on any atom is -0.388 e. The molecule has 1 aliphatic heterocycles. The minimum atomic E-state index is -4.31. The van der Waals surface area contributed by atoms with Crippen molar-refractivity contribution >= 4 is 11.0 Å². The summed E-state index contributed by atoms with van der Waals surface area (Å²) in [4.78, 5) is 18.9. The van der Waals surface area contributed by atoms with E-state index in [1.807, 2.05) is 4.90 Å². The summed E-state index contributed by atoms with van der Waals surface area (Å²) in [5.74, 6) is -1.51. The molecule has 0 aliphatic carbocycles. The van der Waals surface area contributed by atoms with Crippen molar-refractivity contribution in [3.8, 4) is 0 Å². The van der Waals surface area contributed by atoms with E-state index in [1.165, 1.54) is 33.9 Å². The molecule has 1 aliphatic rings. The molecule has 3 heterocycles. The van der Waals surface area contributed by atoms with Crippen LogP contribution in [-0.4, -0.2) is 60.7 Å². The molecule has 0 radical (unpaired) electrons. The number of alkyl halides is 3. The van der Waals surface area contributed by atoms with Crippen LogP contribution in [0.5, 0.6) is 0 Å². The van der Waals surface area contributed by atoms with Crippen molar-refractivity contribution in [2.24, 2.45) is 7.05 Å². The van der Waals surface area contributed by atoms with Crippen molar-refractivity contribution in [2.75, 3.05) is 19.6 Å². The lowest BCUT2D eigenvalue weighted by molar-refractivity contribution is -0.153. The monoisotopic (exact) mass is 449 g/mol. The van der Waals surface area contributed by atoms with Crippen LogP contribution in [0.2, 0.25) is 0 Å². The van der Waals surface area contributed by atoms with Gasteiger partial charge in [0, 0.05) is 20.1 Å². The smallest absolute Gasteiger partial charge is 0.388 e. The first-order valence-corrected chi connectivity index (χ1v) is 10.6. The van der Waals surface area contributed by atoms with Crippen LogP contribution in [0, 0.1) is 0 Å². The van der Waals surface area contributed by atoms with Gasteiger partial charge in [-0.05, 0) is 31.4 Å². The van der Waals surface area contributed by atoms with Gasteiger partial charge in [-0.1, -0.05) is 30.3 Å². The standard InChI is InChI=1S/C22H26F3N5O2/c1-28-19-17(13-27-28)20(31)30(15-26-19)14-21(32)8-11-29(12-9-21)10-7-18(22(23,24)25)16-5-3-2-4-6-16/h2-6,13,15,18,32H,7-12,14H2,1H3/t18-/m1/s1. The SMILES string of the molecule is Cn1ncc2c(=O)n(CC3(O)CCN(CC[C@H](c4ccccc4)C(F)(F)F)CC3)cnc21. The van der Waals surface area contributed by atoms with Gasteiger partial charge in [-0.3, -0.25) is 14.0 Å². The molecule has 0 saturated carbocycles. The average molecular weight is 449 g/mol. The van der Waals surface area contributed by atoms with Gasteiger partial charge in [0.1, 0.15) is 11.7 Å². The lowest BCUT2D eigenvalue weighted by atomic mass is 9.90. The number of hydrogen-bond donors (Lipinski definition) is 1. The van der Waals surface area contributed by atoms with E-state index in [0.717, 1.165) is 0 Å². The molecular weight excluding hydrogens is 423 g/mol. The van der Waals surface area contributed by atoms with Gasteiger partial charge in [-0.25, -0.2) is 4.98 Å². The van der Waals surface area contributed by atoms with Crippen molar-refractivity contribution in [1.82, 2.24) is 24.2 Å². The average Bonchev–Trinajstić information content (AvgIpc) is 3.13. The summed E-state index contributed by atoms with van der Waals surface area (Å²) in [5, 5.41) is 15.4. The molecular formula is C22H26F3N5O2. The van der Waals surface area contributed by atoms with Crippen molar-refractivity contribution in [3.05, 3.63) is 58.8 Å². The van der Waals surface area contributed by atoms with E-state index in [1.54, 1.807) is 25.2 Å². The van der Waals surface area contributed by atoms with Crippen LogP contribution < -0.4 is 5.56 Å². The lowest BCUT2D eigenvalue weighted by Crippen LogP contribution is -2.48. The second kappa shape index (κ2) is 8.67.